The number of nitrogens with zero attached hydrogens (tertiary/aromatic N) is 3. The molecule has 0 N–H and O–H groups in total. The standard InChI is InChI=1S/C36H41N3O/c1-36(2,3)32-22-20-31(21-23-32)34(30-18-12-7-13-19-30)38-24-26-39(27-25-38)35(40)37(4)33(28-14-8-5-9-15-28)29-16-10-6-11-17-29/h5-23,33-34H,24-27H2,1-4H3. The Balaban J connectivity index is 1.34. The molecule has 206 valence electrons. The summed E-state index contributed by atoms with van der Waals surface area (Å²) in [5.41, 5.74) is 6.28. The molecule has 4 heteroatoms. The third kappa shape index (κ3) is 6.13. The Bertz CT molecular complexity index is 1320. The van der Waals surface area contributed by atoms with E-state index in [0.29, 0.717) is 13.1 Å². The van der Waals surface area contributed by atoms with Crippen molar-refractivity contribution in [2.24, 2.45) is 0 Å². The van der Waals surface area contributed by atoms with E-state index in [4.69, 9.17) is 0 Å². The highest BCUT2D eigenvalue weighted by molar-refractivity contribution is 5.75. The van der Waals surface area contributed by atoms with E-state index in [0.717, 1.165) is 24.2 Å². The normalized spacial score (nSPS) is 15.2. The minimum atomic E-state index is -0.133. The maximum atomic E-state index is 13.9. The lowest BCUT2D eigenvalue weighted by atomic mass is 9.85. The number of carbonyl (C=O) groups excluding carboxylic acids is 1. The zero-order valence-electron chi connectivity index (χ0n) is 24.2. The molecule has 1 fully saturated rings. The second-order valence-corrected chi connectivity index (χ2v) is 11.8. The fourth-order valence-electron chi connectivity index (χ4n) is 5.83. The summed E-state index contributed by atoms with van der Waals surface area (Å²) in [6, 6.07) is 40.6. The Morgan fingerprint density at radius 1 is 0.625 bits per heavy atom. The molecule has 4 aromatic rings. The van der Waals surface area contributed by atoms with Crippen LogP contribution in [0.5, 0.6) is 0 Å². The number of hydrogen-bond donors (Lipinski definition) is 0. The molecule has 0 aliphatic carbocycles. The van der Waals surface area contributed by atoms with Crippen molar-refractivity contribution >= 4 is 6.03 Å². The topological polar surface area (TPSA) is 26.8 Å². The molecule has 0 aromatic heterocycles. The first-order valence-electron chi connectivity index (χ1n) is 14.3. The third-order valence-corrected chi connectivity index (χ3v) is 8.08. The van der Waals surface area contributed by atoms with Crippen LogP contribution in [-0.4, -0.2) is 54.0 Å². The van der Waals surface area contributed by atoms with E-state index in [1.54, 1.807) is 0 Å². The van der Waals surface area contributed by atoms with Crippen LogP contribution in [0.4, 0.5) is 4.79 Å². The third-order valence-electron chi connectivity index (χ3n) is 8.08. The zero-order valence-corrected chi connectivity index (χ0v) is 24.2. The number of rotatable bonds is 6. The predicted octanol–water partition coefficient (Wildman–Crippen LogP) is 7.53. The molecule has 5 rings (SSSR count). The van der Waals surface area contributed by atoms with Gasteiger partial charge >= 0.3 is 6.03 Å². The first-order chi connectivity index (χ1) is 19.3. The minimum absolute atomic E-state index is 0.0724. The molecule has 1 unspecified atom stereocenters. The van der Waals surface area contributed by atoms with E-state index in [9.17, 15) is 4.79 Å². The summed E-state index contributed by atoms with van der Waals surface area (Å²) >= 11 is 0. The van der Waals surface area contributed by atoms with Crippen molar-refractivity contribution in [3.63, 3.8) is 0 Å². The van der Waals surface area contributed by atoms with Gasteiger partial charge < -0.3 is 9.80 Å². The van der Waals surface area contributed by atoms with Crippen LogP contribution >= 0.6 is 0 Å². The summed E-state index contributed by atoms with van der Waals surface area (Å²) in [7, 11) is 1.93. The van der Waals surface area contributed by atoms with Gasteiger partial charge in [-0.1, -0.05) is 136 Å². The van der Waals surface area contributed by atoms with Crippen molar-refractivity contribution in [1.82, 2.24) is 14.7 Å². The van der Waals surface area contributed by atoms with Gasteiger partial charge in [-0.3, -0.25) is 4.90 Å². The lowest BCUT2D eigenvalue weighted by Gasteiger charge is -2.42. The first kappa shape index (κ1) is 27.7. The Morgan fingerprint density at radius 2 is 1.05 bits per heavy atom. The minimum Gasteiger partial charge on any atom is -0.322 e. The summed E-state index contributed by atoms with van der Waals surface area (Å²) in [5, 5.41) is 0. The Morgan fingerprint density at radius 3 is 1.50 bits per heavy atom. The molecular formula is C36H41N3O. The molecule has 0 radical (unpaired) electrons. The molecule has 0 saturated carbocycles. The second kappa shape index (κ2) is 12.1. The number of carbonyl (C=O) groups is 1. The van der Waals surface area contributed by atoms with E-state index in [1.165, 1.54) is 16.7 Å². The average molecular weight is 532 g/mol. The number of urea groups is 1. The molecule has 4 nitrogen and oxygen atoms in total. The highest BCUT2D eigenvalue weighted by atomic mass is 16.2. The Kier molecular flexibility index (Phi) is 8.37. The van der Waals surface area contributed by atoms with Crippen LogP contribution in [0.25, 0.3) is 0 Å². The van der Waals surface area contributed by atoms with Crippen LogP contribution in [0.2, 0.25) is 0 Å². The molecule has 1 aliphatic rings. The van der Waals surface area contributed by atoms with E-state index in [-0.39, 0.29) is 23.5 Å². The van der Waals surface area contributed by atoms with Crippen molar-refractivity contribution in [2.45, 2.75) is 38.3 Å². The van der Waals surface area contributed by atoms with Gasteiger partial charge in [0.1, 0.15) is 0 Å². The van der Waals surface area contributed by atoms with Gasteiger partial charge in [0.15, 0.2) is 0 Å². The van der Waals surface area contributed by atoms with Gasteiger partial charge in [-0.25, -0.2) is 4.79 Å². The lowest BCUT2D eigenvalue weighted by Crippen LogP contribution is -2.53. The van der Waals surface area contributed by atoms with Crippen molar-refractivity contribution < 1.29 is 4.79 Å². The highest BCUT2D eigenvalue weighted by Crippen LogP contribution is 2.33. The van der Waals surface area contributed by atoms with Gasteiger partial charge in [0, 0.05) is 33.2 Å². The van der Waals surface area contributed by atoms with Gasteiger partial charge in [0.05, 0.1) is 12.1 Å². The number of benzene rings is 4. The molecule has 0 spiro atoms. The fourth-order valence-corrected chi connectivity index (χ4v) is 5.83. The predicted molar refractivity (Wildman–Crippen MR) is 164 cm³/mol. The lowest BCUT2D eigenvalue weighted by molar-refractivity contribution is 0.0993. The zero-order chi connectivity index (χ0) is 28.1. The molecule has 0 bridgehead atoms. The van der Waals surface area contributed by atoms with E-state index in [2.05, 4.69) is 105 Å². The van der Waals surface area contributed by atoms with Crippen molar-refractivity contribution in [3.05, 3.63) is 143 Å². The van der Waals surface area contributed by atoms with Gasteiger partial charge in [-0.15, -0.1) is 0 Å². The number of hydrogen-bond acceptors (Lipinski definition) is 2. The Labute approximate surface area is 239 Å². The molecule has 1 heterocycles. The van der Waals surface area contributed by atoms with Gasteiger partial charge in [0.25, 0.3) is 0 Å². The van der Waals surface area contributed by atoms with E-state index >= 15 is 0 Å². The van der Waals surface area contributed by atoms with Crippen LogP contribution in [0.1, 0.15) is 60.7 Å². The van der Waals surface area contributed by atoms with Crippen molar-refractivity contribution in [2.75, 3.05) is 33.2 Å². The van der Waals surface area contributed by atoms with Crippen molar-refractivity contribution in [1.29, 1.82) is 0 Å². The maximum Gasteiger partial charge on any atom is 0.320 e. The van der Waals surface area contributed by atoms with E-state index < -0.39 is 0 Å². The molecule has 1 saturated heterocycles. The van der Waals surface area contributed by atoms with Gasteiger partial charge in [-0.05, 0) is 33.2 Å². The summed E-state index contributed by atoms with van der Waals surface area (Å²) in [6.07, 6.45) is 0. The van der Waals surface area contributed by atoms with Crippen LogP contribution in [-0.2, 0) is 5.41 Å². The average Bonchev–Trinajstić information content (AvgIpc) is 2.99. The smallest absolute Gasteiger partial charge is 0.320 e. The van der Waals surface area contributed by atoms with Crippen LogP contribution in [0.3, 0.4) is 0 Å². The molecular weight excluding hydrogens is 490 g/mol. The SMILES string of the molecule is CN(C(=O)N1CCN(C(c2ccccc2)c2ccc(C(C)(C)C)cc2)CC1)C(c1ccccc1)c1ccccc1. The fraction of sp³-hybridized carbons (Fsp3) is 0.306. The molecule has 1 aliphatic heterocycles. The summed E-state index contributed by atoms with van der Waals surface area (Å²) in [5.74, 6) is 0. The largest absolute Gasteiger partial charge is 0.322 e. The van der Waals surface area contributed by atoms with Crippen molar-refractivity contribution in [3.8, 4) is 0 Å². The Hall–Kier alpha value is -3.89. The molecule has 4 aromatic carbocycles. The summed E-state index contributed by atoms with van der Waals surface area (Å²) in [6.45, 7) is 9.80. The van der Waals surface area contributed by atoms with Crippen LogP contribution in [0, 0.1) is 0 Å². The van der Waals surface area contributed by atoms with E-state index in [1.807, 2.05) is 53.2 Å². The summed E-state index contributed by atoms with van der Waals surface area (Å²) < 4.78 is 0. The summed E-state index contributed by atoms with van der Waals surface area (Å²) in [4.78, 5) is 20.3. The van der Waals surface area contributed by atoms with Gasteiger partial charge in [0.2, 0.25) is 0 Å². The van der Waals surface area contributed by atoms with Crippen LogP contribution < -0.4 is 0 Å². The molecule has 1 atom stereocenters. The molecule has 2 amide bonds. The second-order valence-electron chi connectivity index (χ2n) is 11.8. The maximum absolute atomic E-state index is 13.9. The quantitative estimate of drug-likeness (QED) is 0.257. The highest BCUT2D eigenvalue weighted by Gasteiger charge is 2.32. The molecule has 40 heavy (non-hydrogen) atoms. The monoisotopic (exact) mass is 531 g/mol. The van der Waals surface area contributed by atoms with Crippen LogP contribution in [0.15, 0.2) is 115 Å². The first-order valence-corrected chi connectivity index (χ1v) is 14.3. The number of amides is 2. The van der Waals surface area contributed by atoms with Gasteiger partial charge in [-0.2, -0.15) is 0 Å². The number of piperazine rings is 1.